The Kier molecular flexibility index (Phi) is 4.02. The van der Waals surface area contributed by atoms with Gasteiger partial charge in [0.1, 0.15) is 0 Å². The Hall–Kier alpha value is -2.37. The van der Waals surface area contributed by atoms with Crippen LogP contribution in [0, 0.1) is 24.0 Å². The monoisotopic (exact) mass is 274 g/mol. The van der Waals surface area contributed by atoms with Gasteiger partial charge in [0, 0.05) is 42.2 Å². The number of nitrogens with one attached hydrogen (secondary N) is 1. The first-order valence-corrected chi connectivity index (χ1v) is 6.52. The van der Waals surface area contributed by atoms with Gasteiger partial charge in [-0.3, -0.25) is 14.8 Å². The molecule has 0 unspecified atom stereocenters. The molecule has 0 atom stereocenters. The molecule has 0 aliphatic carbocycles. The molecule has 0 bridgehead atoms. The molecule has 0 aliphatic heterocycles. The van der Waals surface area contributed by atoms with Crippen molar-refractivity contribution in [1.29, 1.82) is 0 Å². The number of benzene rings is 1. The SMILES string of the molecule is CCn1cc(CNc2cc(C)c([N+](=O)[O-])cc2C)cn1. The Labute approximate surface area is 117 Å². The maximum Gasteiger partial charge on any atom is 0.272 e. The highest BCUT2D eigenvalue weighted by molar-refractivity contribution is 5.59. The first kappa shape index (κ1) is 14.0. The number of hydrogen-bond acceptors (Lipinski definition) is 4. The number of hydrogen-bond donors (Lipinski definition) is 1. The summed E-state index contributed by atoms with van der Waals surface area (Å²) in [7, 11) is 0. The zero-order valence-corrected chi connectivity index (χ0v) is 11.9. The second-order valence-corrected chi connectivity index (χ2v) is 4.77. The largest absolute Gasteiger partial charge is 0.381 e. The van der Waals surface area contributed by atoms with Crippen LogP contribution in [-0.4, -0.2) is 14.7 Å². The predicted molar refractivity (Wildman–Crippen MR) is 77.8 cm³/mol. The zero-order chi connectivity index (χ0) is 14.7. The Morgan fingerprint density at radius 2 is 2.10 bits per heavy atom. The number of nitro groups is 1. The van der Waals surface area contributed by atoms with E-state index in [-0.39, 0.29) is 10.6 Å². The van der Waals surface area contributed by atoms with Gasteiger partial charge in [-0.05, 0) is 32.4 Å². The average molecular weight is 274 g/mol. The summed E-state index contributed by atoms with van der Waals surface area (Å²) >= 11 is 0. The van der Waals surface area contributed by atoms with Gasteiger partial charge in [0.25, 0.3) is 5.69 Å². The molecular formula is C14H18N4O2. The van der Waals surface area contributed by atoms with E-state index in [1.807, 2.05) is 37.0 Å². The summed E-state index contributed by atoms with van der Waals surface area (Å²) < 4.78 is 1.87. The molecule has 0 aliphatic rings. The van der Waals surface area contributed by atoms with E-state index in [1.165, 1.54) is 0 Å². The van der Waals surface area contributed by atoms with Gasteiger partial charge in [0.05, 0.1) is 11.1 Å². The number of aryl methyl sites for hydroxylation is 3. The second-order valence-electron chi connectivity index (χ2n) is 4.77. The van der Waals surface area contributed by atoms with E-state index in [9.17, 15) is 10.1 Å². The standard InChI is InChI=1S/C14H18N4O2/c1-4-17-9-12(8-16-17)7-15-13-5-11(3)14(18(19)20)6-10(13)2/h5-6,8-9,15H,4,7H2,1-3H3. The Morgan fingerprint density at radius 3 is 2.70 bits per heavy atom. The quantitative estimate of drug-likeness (QED) is 0.671. The van der Waals surface area contributed by atoms with Gasteiger partial charge in [0.2, 0.25) is 0 Å². The van der Waals surface area contributed by atoms with Crippen molar-refractivity contribution in [3.8, 4) is 0 Å². The third-order valence-electron chi connectivity index (χ3n) is 3.23. The summed E-state index contributed by atoms with van der Waals surface area (Å²) in [6, 6.07) is 3.42. The zero-order valence-electron chi connectivity index (χ0n) is 11.9. The molecule has 0 radical (unpaired) electrons. The highest BCUT2D eigenvalue weighted by atomic mass is 16.6. The van der Waals surface area contributed by atoms with Gasteiger partial charge in [0.15, 0.2) is 0 Å². The van der Waals surface area contributed by atoms with Crippen LogP contribution in [0.4, 0.5) is 11.4 Å². The lowest BCUT2D eigenvalue weighted by Crippen LogP contribution is -2.02. The van der Waals surface area contributed by atoms with E-state index in [2.05, 4.69) is 10.4 Å². The lowest BCUT2D eigenvalue weighted by Gasteiger charge is -2.10. The molecule has 1 aromatic carbocycles. The van der Waals surface area contributed by atoms with Crippen LogP contribution in [-0.2, 0) is 13.1 Å². The smallest absolute Gasteiger partial charge is 0.272 e. The third kappa shape index (κ3) is 2.96. The van der Waals surface area contributed by atoms with Crippen molar-refractivity contribution in [2.45, 2.75) is 33.9 Å². The number of anilines is 1. The Bertz CT molecular complexity index is 634. The number of nitro benzene ring substituents is 1. The lowest BCUT2D eigenvalue weighted by molar-refractivity contribution is -0.385. The minimum Gasteiger partial charge on any atom is -0.381 e. The van der Waals surface area contributed by atoms with Crippen molar-refractivity contribution in [2.24, 2.45) is 0 Å². The molecule has 6 nitrogen and oxygen atoms in total. The van der Waals surface area contributed by atoms with Crippen LogP contribution in [0.2, 0.25) is 0 Å². The third-order valence-corrected chi connectivity index (χ3v) is 3.23. The van der Waals surface area contributed by atoms with Gasteiger partial charge in [-0.25, -0.2) is 0 Å². The van der Waals surface area contributed by atoms with Gasteiger partial charge in [-0.1, -0.05) is 0 Å². The molecule has 0 fully saturated rings. The summed E-state index contributed by atoms with van der Waals surface area (Å²) in [5, 5.41) is 18.4. The molecule has 6 heteroatoms. The highest BCUT2D eigenvalue weighted by Crippen LogP contribution is 2.26. The van der Waals surface area contributed by atoms with Crippen LogP contribution < -0.4 is 5.32 Å². The predicted octanol–water partition coefficient (Wildman–Crippen LogP) is 3.04. The van der Waals surface area contributed by atoms with Crippen molar-refractivity contribution in [3.05, 3.63) is 51.3 Å². The molecule has 2 aromatic rings. The molecule has 1 heterocycles. The lowest BCUT2D eigenvalue weighted by atomic mass is 10.1. The number of nitrogens with zero attached hydrogens (tertiary/aromatic N) is 3. The molecule has 0 saturated heterocycles. The van der Waals surface area contributed by atoms with E-state index >= 15 is 0 Å². The second kappa shape index (κ2) is 5.73. The fourth-order valence-electron chi connectivity index (χ4n) is 2.06. The van der Waals surface area contributed by atoms with E-state index in [1.54, 1.807) is 13.0 Å². The topological polar surface area (TPSA) is 73.0 Å². The molecule has 1 aromatic heterocycles. The summed E-state index contributed by atoms with van der Waals surface area (Å²) in [4.78, 5) is 10.5. The first-order valence-electron chi connectivity index (χ1n) is 6.52. The van der Waals surface area contributed by atoms with Crippen molar-refractivity contribution in [2.75, 3.05) is 5.32 Å². The summed E-state index contributed by atoms with van der Waals surface area (Å²) in [6.45, 7) is 7.14. The van der Waals surface area contributed by atoms with Crippen LogP contribution >= 0.6 is 0 Å². The maximum absolute atomic E-state index is 10.9. The first-order chi connectivity index (χ1) is 9.51. The average Bonchev–Trinajstić information content (AvgIpc) is 2.87. The van der Waals surface area contributed by atoms with E-state index in [0.717, 1.165) is 23.4 Å². The van der Waals surface area contributed by atoms with Crippen molar-refractivity contribution in [3.63, 3.8) is 0 Å². The molecule has 0 spiro atoms. The summed E-state index contributed by atoms with van der Waals surface area (Å²) in [5.74, 6) is 0. The van der Waals surface area contributed by atoms with Crippen molar-refractivity contribution in [1.82, 2.24) is 9.78 Å². The highest BCUT2D eigenvalue weighted by Gasteiger charge is 2.13. The van der Waals surface area contributed by atoms with E-state index in [4.69, 9.17) is 0 Å². The van der Waals surface area contributed by atoms with Gasteiger partial charge in [-0.2, -0.15) is 5.10 Å². The summed E-state index contributed by atoms with van der Waals surface area (Å²) in [6.07, 6.45) is 3.81. The minimum atomic E-state index is -0.350. The van der Waals surface area contributed by atoms with E-state index < -0.39 is 0 Å². The molecule has 0 amide bonds. The van der Waals surface area contributed by atoms with Crippen LogP contribution in [0.5, 0.6) is 0 Å². The van der Waals surface area contributed by atoms with Crippen molar-refractivity contribution < 1.29 is 4.92 Å². The summed E-state index contributed by atoms with van der Waals surface area (Å²) in [5.41, 5.74) is 3.68. The number of aromatic nitrogens is 2. The van der Waals surface area contributed by atoms with Crippen molar-refractivity contribution >= 4 is 11.4 Å². The van der Waals surface area contributed by atoms with Crippen LogP contribution in [0.3, 0.4) is 0 Å². The fraction of sp³-hybridized carbons (Fsp3) is 0.357. The Morgan fingerprint density at radius 1 is 1.35 bits per heavy atom. The fourth-order valence-corrected chi connectivity index (χ4v) is 2.06. The maximum atomic E-state index is 10.9. The van der Waals surface area contributed by atoms with Crippen LogP contribution in [0.15, 0.2) is 24.5 Å². The molecule has 1 N–H and O–H groups in total. The Balaban J connectivity index is 2.13. The van der Waals surface area contributed by atoms with Crippen LogP contribution in [0.1, 0.15) is 23.6 Å². The van der Waals surface area contributed by atoms with Gasteiger partial charge in [-0.15, -0.1) is 0 Å². The van der Waals surface area contributed by atoms with Gasteiger partial charge < -0.3 is 5.32 Å². The molecule has 20 heavy (non-hydrogen) atoms. The number of rotatable bonds is 5. The van der Waals surface area contributed by atoms with E-state index in [0.29, 0.717) is 12.1 Å². The molecule has 106 valence electrons. The minimum absolute atomic E-state index is 0.159. The van der Waals surface area contributed by atoms with Gasteiger partial charge >= 0.3 is 0 Å². The van der Waals surface area contributed by atoms with Crippen LogP contribution in [0.25, 0.3) is 0 Å². The molecular weight excluding hydrogens is 256 g/mol. The molecule has 0 saturated carbocycles. The molecule has 2 rings (SSSR count). The normalized spacial score (nSPS) is 10.6.